The third kappa shape index (κ3) is 3.10. The Bertz CT molecular complexity index is 337. The maximum atomic E-state index is 6.00. The number of benzene rings is 1. The van der Waals surface area contributed by atoms with Crippen LogP contribution in [-0.4, -0.2) is 9.04 Å². The molecule has 83 valence electrons. The van der Waals surface area contributed by atoms with E-state index >= 15 is 0 Å². The van der Waals surface area contributed by atoms with Crippen molar-refractivity contribution in [2.75, 3.05) is 0 Å². The van der Waals surface area contributed by atoms with E-state index in [0.29, 0.717) is 0 Å². The lowest BCUT2D eigenvalue weighted by Gasteiger charge is -2.25. The summed E-state index contributed by atoms with van der Waals surface area (Å²) in [4.78, 5) is 0. The predicted molar refractivity (Wildman–Crippen MR) is 68.0 cm³/mol. The van der Waals surface area contributed by atoms with E-state index in [1.165, 1.54) is 11.1 Å². The van der Waals surface area contributed by atoms with Crippen molar-refractivity contribution in [3.63, 3.8) is 0 Å². The summed E-state index contributed by atoms with van der Waals surface area (Å²) in [6.45, 7) is 13.1. The SMILES string of the molecule is Cc1cccc(C(C)(C)C)c1O[Si](C)C. The van der Waals surface area contributed by atoms with Gasteiger partial charge in [0.1, 0.15) is 5.75 Å². The second-order valence-corrected chi connectivity index (χ2v) is 7.23. The quantitative estimate of drug-likeness (QED) is 0.688. The minimum Gasteiger partial charge on any atom is -0.542 e. The molecule has 0 atom stereocenters. The topological polar surface area (TPSA) is 9.23 Å². The highest BCUT2D eigenvalue weighted by molar-refractivity contribution is 6.49. The average Bonchev–Trinajstić information content (AvgIpc) is 2.05. The van der Waals surface area contributed by atoms with E-state index in [2.05, 4.69) is 59.0 Å². The van der Waals surface area contributed by atoms with Crippen molar-refractivity contribution in [2.24, 2.45) is 0 Å². The van der Waals surface area contributed by atoms with Crippen LogP contribution in [0.3, 0.4) is 0 Å². The molecule has 0 amide bonds. The molecule has 0 saturated heterocycles. The zero-order chi connectivity index (χ0) is 11.6. The Morgan fingerprint density at radius 3 is 2.20 bits per heavy atom. The van der Waals surface area contributed by atoms with Gasteiger partial charge >= 0.3 is 0 Å². The molecule has 0 heterocycles. The fraction of sp³-hybridized carbons (Fsp3) is 0.538. The van der Waals surface area contributed by atoms with Gasteiger partial charge in [0.05, 0.1) is 0 Å². The molecule has 1 rings (SSSR count). The lowest BCUT2D eigenvalue weighted by molar-refractivity contribution is 0.517. The zero-order valence-corrected chi connectivity index (χ0v) is 11.6. The second kappa shape index (κ2) is 4.39. The van der Waals surface area contributed by atoms with Crippen LogP contribution in [0.2, 0.25) is 13.1 Å². The highest BCUT2D eigenvalue weighted by atomic mass is 28.3. The van der Waals surface area contributed by atoms with Gasteiger partial charge in [-0.05, 0) is 36.6 Å². The van der Waals surface area contributed by atoms with Gasteiger partial charge in [0.15, 0.2) is 0 Å². The lowest BCUT2D eigenvalue weighted by atomic mass is 9.85. The van der Waals surface area contributed by atoms with E-state index < -0.39 is 9.04 Å². The van der Waals surface area contributed by atoms with E-state index in [9.17, 15) is 0 Å². The third-order valence-electron chi connectivity index (χ3n) is 2.33. The van der Waals surface area contributed by atoms with Gasteiger partial charge in [-0.15, -0.1) is 0 Å². The minimum atomic E-state index is -0.691. The molecule has 0 aliphatic carbocycles. The van der Waals surface area contributed by atoms with Crippen molar-refractivity contribution >= 4 is 9.04 Å². The van der Waals surface area contributed by atoms with Gasteiger partial charge in [-0.1, -0.05) is 39.0 Å². The van der Waals surface area contributed by atoms with Crippen LogP contribution in [0.15, 0.2) is 18.2 Å². The Hall–Kier alpha value is -0.763. The average molecular weight is 221 g/mol. The van der Waals surface area contributed by atoms with Crippen LogP contribution in [0.1, 0.15) is 31.9 Å². The fourth-order valence-electron chi connectivity index (χ4n) is 1.58. The summed E-state index contributed by atoms with van der Waals surface area (Å²) in [5.74, 6) is 1.10. The van der Waals surface area contributed by atoms with E-state index in [1.54, 1.807) is 0 Å². The van der Waals surface area contributed by atoms with Gasteiger partial charge in [-0.3, -0.25) is 0 Å². The minimum absolute atomic E-state index is 0.151. The van der Waals surface area contributed by atoms with E-state index in [1.807, 2.05) is 0 Å². The summed E-state index contributed by atoms with van der Waals surface area (Å²) in [6.07, 6.45) is 0. The van der Waals surface area contributed by atoms with Gasteiger partial charge in [-0.25, -0.2) is 0 Å². The first-order chi connectivity index (χ1) is 6.82. The van der Waals surface area contributed by atoms with Crippen LogP contribution in [0.25, 0.3) is 0 Å². The molecular weight excluding hydrogens is 200 g/mol. The molecule has 0 aromatic heterocycles. The van der Waals surface area contributed by atoms with E-state index in [-0.39, 0.29) is 5.41 Å². The molecule has 1 nitrogen and oxygen atoms in total. The van der Waals surface area contributed by atoms with Gasteiger partial charge in [-0.2, -0.15) is 0 Å². The number of hydrogen-bond acceptors (Lipinski definition) is 1. The molecule has 0 fully saturated rings. The highest BCUT2D eigenvalue weighted by Gasteiger charge is 2.20. The number of aryl methyl sites for hydroxylation is 1. The molecule has 2 heteroatoms. The second-order valence-electron chi connectivity index (χ2n) is 5.21. The van der Waals surface area contributed by atoms with Crippen LogP contribution in [0.5, 0.6) is 5.75 Å². The van der Waals surface area contributed by atoms with Gasteiger partial charge < -0.3 is 4.43 Å². The zero-order valence-electron chi connectivity index (χ0n) is 10.6. The van der Waals surface area contributed by atoms with E-state index in [4.69, 9.17) is 4.43 Å². The molecule has 1 aromatic carbocycles. The van der Waals surface area contributed by atoms with E-state index in [0.717, 1.165) is 5.75 Å². The normalized spacial score (nSPS) is 11.9. The van der Waals surface area contributed by atoms with Crippen molar-refractivity contribution < 1.29 is 4.43 Å². The molecule has 1 aromatic rings. The Kier molecular flexibility index (Phi) is 3.61. The third-order valence-corrected chi connectivity index (χ3v) is 2.94. The molecule has 0 aliphatic rings. The van der Waals surface area contributed by atoms with Crippen molar-refractivity contribution in [3.8, 4) is 5.75 Å². The molecule has 0 spiro atoms. The van der Waals surface area contributed by atoms with Crippen LogP contribution < -0.4 is 4.43 Å². The summed E-state index contributed by atoms with van der Waals surface area (Å²) >= 11 is 0. The summed E-state index contributed by atoms with van der Waals surface area (Å²) < 4.78 is 6.00. The van der Waals surface area contributed by atoms with Crippen LogP contribution in [-0.2, 0) is 5.41 Å². The molecule has 1 radical (unpaired) electrons. The Balaban J connectivity index is 3.21. The van der Waals surface area contributed by atoms with Crippen molar-refractivity contribution in [3.05, 3.63) is 29.3 Å². The molecule has 0 unspecified atom stereocenters. The predicted octanol–water partition coefficient (Wildman–Crippen LogP) is 3.92. The highest BCUT2D eigenvalue weighted by Crippen LogP contribution is 2.33. The summed E-state index contributed by atoms with van der Waals surface area (Å²) in [5, 5.41) is 0. The first-order valence-electron chi connectivity index (χ1n) is 5.40. The lowest BCUT2D eigenvalue weighted by Crippen LogP contribution is -2.19. The first-order valence-corrected chi connectivity index (χ1v) is 7.81. The largest absolute Gasteiger partial charge is 0.542 e. The number of rotatable bonds is 2. The first kappa shape index (κ1) is 12.3. The van der Waals surface area contributed by atoms with Crippen molar-refractivity contribution in [1.82, 2.24) is 0 Å². The monoisotopic (exact) mass is 221 g/mol. The number of hydrogen-bond donors (Lipinski definition) is 0. The van der Waals surface area contributed by atoms with Crippen molar-refractivity contribution in [1.29, 1.82) is 0 Å². The van der Waals surface area contributed by atoms with Crippen molar-refractivity contribution in [2.45, 2.75) is 46.2 Å². The molecule has 0 N–H and O–H groups in total. The molecule has 0 bridgehead atoms. The van der Waals surface area contributed by atoms with Crippen LogP contribution in [0.4, 0.5) is 0 Å². The standard InChI is InChI=1S/C13H21OSi/c1-10-8-7-9-11(13(2,3)4)12(10)14-15(5)6/h7-9H,1-6H3. The van der Waals surface area contributed by atoms with Gasteiger partial charge in [0.2, 0.25) is 0 Å². The molecule has 0 saturated carbocycles. The molecule has 0 aliphatic heterocycles. The summed E-state index contributed by atoms with van der Waals surface area (Å²) in [5.41, 5.74) is 2.71. The maximum Gasteiger partial charge on any atom is 0.274 e. The fourth-order valence-corrected chi connectivity index (χ4v) is 2.26. The Morgan fingerprint density at radius 1 is 1.13 bits per heavy atom. The Morgan fingerprint density at radius 2 is 1.73 bits per heavy atom. The van der Waals surface area contributed by atoms with Crippen LogP contribution >= 0.6 is 0 Å². The molecular formula is C13H21OSi. The van der Waals surface area contributed by atoms with Gasteiger partial charge in [0.25, 0.3) is 9.04 Å². The summed E-state index contributed by atoms with van der Waals surface area (Å²) in [6, 6.07) is 6.41. The Labute approximate surface area is 95.2 Å². The number of para-hydroxylation sites is 1. The summed E-state index contributed by atoms with van der Waals surface area (Å²) in [7, 11) is -0.691. The van der Waals surface area contributed by atoms with Gasteiger partial charge in [0, 0.05) is 0 Å². The smallest absolute Gasteiger partial charge is 0.274 e. The molecule has 15 heavy (non-hydrogen) atoms. The maximum absolute atomic E-state index is 6.00. The van der Waals surface area contributed by atoms with Crippen LogP contribution in [0, 0.1) is 6.92 Å².